The van der Waals surface area contributed by atoms with Crippen molar-refractivity contribution < 1.29 is 47.9 Å². The molecule has 1 rings (SSSR count). The van der Waals surface area contributed by atoms with Crippen LogP contribution in [0.2, 0.25) is 0 Å². The Labute approximate surface area is 103 Å². The van der Waals surface area contributed by atoms with Gasteiger partial charge in [0.1, 0.15) is 5.75 Å². The third-order valence-corrected chi connectivity index (χ3v) is 2.08. The standard InChI is InChI=1S/C8H11BO3.Y/c1-5-6(2)8(10)4-3-7(5)9(11)12;/h3-4,10-12H,1-2H3;. The summed E-state index contributed by atoms with van der Waals surface area (Å²) in [6, 6.07) is 2.96. The van der Waals surface area contributed by atoms with E-state index in [0.717, 1.165) is 0 Å². The van der Waals surface area contributed by atoms with E-state index >= 15 is 0 Å². The topological polar surface area (TPSA) is 60.7 Å². The molecule has 5 heteroatoms. The molecule has 0 saturated carbocycles. The van der Waals surface area contributed by atoms with Crippen LogP contribution in [0.15, 0.2) is 12.1 Å². The van der Waals surface area contributed by atoms with Crippen molar-refractivity contribution >= 4 is 12.6 Å². The van der Waals surface area contributed by atoms with Crippen LogP contribution in [-0.4, -0.2) is 22.3 Å². The number of hydrogen-bond donors (Lipinski definition) is 3. The van der Waals surface area contributed by atoms with Crippen LogP contribution in [0, 0.1) is 13.8 Å². The normalized spacial score (nSPS) is 9.23. The van der Waals surface area contributed by atoms with Crippen molar-refractivity contribution in [3.8, 4) is 5.75 Å². The van der Waals surface area contributed by atoms with Gasteiger partial charge in [0.15, 0.2) is 0 Å². The Bertz CT molecular complexity index is 302. The molecular formula is C8H11BO3Y. The second kappa shape index (κ2) is 5.11. The van der Waals surface area contributed by atoms with Crippen LogP contribution in [0.1, 0.15) is 11.1 Å². The van der Waals surface area contributed by atoms with Gasteiger partial charge in [-0.15, -0.1) is 0 Å². The predicted molar refractivity (Wildman–Crippen MR) is 47.4 cm³/mol. The van der Waals surface area contributed by atoms with Gasteiger partial charge in [0.25, 0.3) is 0 Å². The van der Waals surface area contributed by atoms with Gasteiger partial charge in [-0.25, -0.2) is 0 Å². The molecule has 0 aliphatic carbocycles. The van der Waals surface area contributed by atoms with Gasteiger partial charge >= 0.3 is 7.12 Å². The Hall–Kier alpha value is 0.109. The smallest absolute Gasteiger partial charge is 0.488 e. The molecule has 0 aliphatic rings. The summed E-state index contributed by atoms with van der Waals surface area (Å²) < 4.78 is 0. The van der Waals surface area contributed by atoms with Crippen molar-refractivity contribution in [1.82, 2.24) is 0 Å². The molecule has 0 spiro atoms. The van der Waals surface area contributed by atoms with Crippen LogP contribution in [0.4, 0.5) is 0 Å². The van der Waals surface area contributed by atoms with Gasteiger partial charge < -0.3 is 15.2 Å². The Morgan fingerprint density at radius 2 is 1.62 bits per heavy atom. The van der Waals surface area contributed by atoms with Crippen LogP contribution in [0.3, 0.4) is 0 Å². The molecule has 0 saturated heterocycles. The van der Waals surface area contributed by atoms with Gasteiger partial charge in [-0.3, -0.25) is 0 Å². The fourth-order valence-electron chi connectivity index (χ4n) is 1.11. The Kier molecular flexibility index (Phi) is 5.15. The molecule has 0 fully saturated rings. The summed E-state index contributed by atoms with van der Waals surface area (Å²) in [4.78, 5) is 0. The molecule has 0 amide bonds. The summed E-state index contributed by atoms with van der Waals surface area (Å²) in [5.41, 5.74) is 1.83. The van der Waals surface area contributed by atoms with E-state index in [1.165, 1.54) is 12.1 Å². The second-order valence-corrected chi connectivity index (χ2v) is 2.80. The van der Waals surface area contributed by atoms with E-state index in [0.29, 0.717) is 16.6 Å². The van der Waals surface area contributed by atoms with Crippen LogP contribution >= 0.6 is 0 Å². The molecule has 0 atom stereocenters. The van der Waals surface area contributed by atoms with Gasteiger partial charge in [-0.05, 0) is 36.5 Å². The summed E-state index contributed by atoms with van der Waals surface area (Å²) in [7, 11) is -1.47. The first kappa shape index (κ1) is 13.1. The number of phenols is 1. The van der Waals surface area contributed by atoms with Crippen LogP contribution < -0.4 is 5.46 Å². The van der Waals surface area contributed by atoms with E-state index in [4.69, 9.17) is 10.0 Å². The summed E-state index contributed by atoms with van der Waals surface area (Å²) in [6.45, 7) is 3.47. The van der Waals surface area contributed by atoms with Gasteiger partial charge in [0.05, 0.1) is 0 Å². The Balaban J connectivity index is 0.00000144. The Morgan fingerprint density at radius 1 is 1.08 bits per heavy atom. The first-order chi connectivity index (χ1) is 5.54. The first-order valence-electron chi connectivity index (χ1n) is 3.69. The summed E-state index contributed by atoms with van der Waals surface area (Å²) in [5.74, 6) is 0.178. The molecule has 3 N–H and O–H groups in total. The van der Waals surface area contributed by atoms with Gasteiger partial charge in [-0.1, -0.05) is 6.07 Å². The number of phenolic OH excluding ortho intramolecular Hbond substituents is 1. The van der Waals surface area contributed by atoms with Crippen molar-refractivity contribution in [2.75, 3.05) is 0 Å². The minimum absolute atomic E-state index is 0. The third kappa shape index (κ3) is 2.78. The maximum absolute atomic E-state index is 9.24. The van der Waals surface area contributed by atoms with E-state index in [2.05, 4.69) is 0 Å². The molecule has 1 radical (unpaired) electrons. The molecular weight excluding hydrogens is 244 g/mol. The third-order valence-electron chi connectivity index (χ3n) is 2.08. The second-order valence-electron chi connectivity index (χ2n) is 2.80. The number of hydrogen-bond acceptors (Lipinski definition) is 3. The molecule has 1 aromatic rings. The zero-order valence-electron chi connectivity index (χ0n) is 7.65. The summed E-state index contributed by atoms with van der Waals surface area (Å²) >= 11 is 0. The van der Waals surface area contributed by atoms with E-state index in [-0.39, 0.29) is 38.5 Å². The SMILES string of the molecule is Cc1c(O)ccc(B(O)O)c1C.[Y]. The molecule has 0 aromatic heterocycles. The fraction of sp³-hybridized carbons (Fsp3) is 0.250. The van der Waals surface area contributed by atoms with Gasteiger partial charge in [0, 0.05) is 32.7 Å². The molecule has 3 nitrogen and oxygen atoms in total. The van der Waals surface area contributed by atoms with Crippen LogP contribution in [0.25, 0.3) is 0 Å². The van der Waals surface area contributed by atoms with Crippen molar-refractivity contribution in [2.45, 2.75) is 13.8 Å². The molecule has 0 heterocycles. The average molecular weight is 255 g/mol. The van der Waals surface area contributed by atoms with Gasteiger partial charge in [0.2, 0.25) is 0 Å². The van der Waals surface area contributed by atoms with Crippen molar-refractivity contribution in [3.63, 3.8) is 0 Å². The Morgan fingerprint density at radius 3 is 2.08 bits per heavy atom. The average Bonchev–Trinajstić information content (AvgIpc) is 2.00. The first-order valence-corrected chi connectivity index (χ1v) is 3.69. The molecule has 67 valence electrons. The van der Waals surface area contributed by atoms with Crippen LogP contribution in [0.5, 0.6) is 5.75 Å². The van der Waals surface area contributed by atoms with E-state index < -0.39 is 7.12 Å². The fourth-order valence-corrected chi connectivity index (χ4v) is 1.11. The molecule has 0 bridgehead atoms. The van der Waals surface area contributed by atoms with E-state index in [1.54, 1.807) is 13.8 Å². The largest absolute Gasteiger partial charge is 0.508 e. The quantitative estimate of drug-likeness (QED) is 0.603. The molecule has 0 unspecified atom stereocenters. The zero-order chi connectivity index (χ0) is 9.30. The number of aromatic hydroxyl groups is 1. The number of benzene rings is 1. The molecule has 0 aliphatic heterocycles. The summed E-state index contributed by atoms with van der Waals surface area (Å²) in [6.07, 6.45) is 0. The molecule has 1 aromatic carbocycles. The predicted octanol–water partition coefficient (Wildman–Crippen LogP) is -0.314. The summed E-state index contributed by atoms with van der Waals surface area (Å²) in [5, 5.41) is 27.0. The zero-order valence-corrected chi connectivity index (χ0v) is 10.5. The minimum Gasteiger partial charge on any atom is -0.508 e. The monoisotopic (exact) mass is 255 g/mol. The van der Waals surface area contributed by atoms with Crippen LogP contribution in [-0.2, 0) is 32.7 Å². The minimum atomic E-state index is -1.47. The molecule has 13 heavy (non-hydrogen) atoms. The van der Waals surface area contributed by atoms with E-state index in [1.807, 2.05) is 0 Å². The maximum Gasteiger partial charge on any atom is 0.488 e. The van der Waals surface area contributed by atoms with E-state index in [9.17, 15) is 5.11 Å². The number of rotatable bonds is 1. The van der Waals surface area contributed by atoms with Crippen molar-refractivity contribution in [3.05, 3.63) is 23.3 Å². The maximum atomic E-state index is 9.24. The van der Waals surface area contributed by atoms with Gasteiger partial charge in [-0.2, -0.15) is 0 Å². The van der Waals surface area contributed by atoms with Crippen molar-refractivity contribution in [1.29, 1.82) is 0 Å². The van der Waals surface area contributed by atoms with Crippen molar-refractivity contribution in [2.24, 2.45) is 0 Å².